The second-order valence-corrected chi connectivity index (χ2v) is 4.36. The van der Waals surface area contributed by atoms with E-state index in [2.05, 4.69) is 0 Å². The SMILES string of the molecule is CC[C@]1(C(=O)O)[C@H](C)C1(Cl)Cl. The molecule has 0 aromatic carbocycles. The van der Waals surface area contributed by atoms with Crippen LogP contribution in [0.4, 0.5) is 0 Å². The van der Waals surface area contributed by atoms with Gasteiger partial charge in [0, 0.05) is 5.92 Å². The van der Waals surface area contributed by atoms with Crippen molar-refractivity contribution in [3.63, 3.8) is 0 Å². The average molecular weight is 197 g/mol. The number of halogens is 2. The van der Waals surface area contributed by atoms with Gasteiger partial charge in [-0.05, 0) is 6.42 Å². The Labute approximate surface area is 75.5 Å². The monoisotopic (exact) mass is 196 g/mol. The summed E-state index contributed by atoms with van der Waals surface area (Å²) < 4.78 is -1.06. The quantitative estimate of drug-likeness (QED) is 0.689. The van der Waals surface area contributed by atoms with Gasteiger partial charge in [0.2, 0.25) is 0 Å². The summed E-state index contributed by atoms with van der Waals surface area (Å²) in [6.07, 6.45) is 0.483. The van der Waals surface area contributed by atoms with E-state index in [1.807, 2.05) is 0 Å². The summed E-state index contributed by atoms with van der Waals surface area (Å²) in [5.41, 5.74) is -0.907. The number of alkyl halides is 2. The Morgan fingerprint density at radius 3 is 2.00 bits per heavy atom. The zero-order chi connectivity index (χ0) is 8.86. The topological polar surface area (TPSA) is 37.3 Å². The van der Waals surface area contributed by atoms with E-state index in [9.17, 15) is 4.79 Å². The zero-order valence-electron chi connectivity index (χ0n) is 6.40. The van der Waals surface area contributed by atoms with Crippen molar-refractivity contribution in [1.82, 2.24) is 0 Å². The normalized spacial score (nSPS) is 40.2. The first-order chi connectivity index (χ1) is 4.91. The molecule has 0 heterocycles. The Morgan fingerprint density at radius 2 is 2.00 bits per heavy atom. The van der Waals surface area contributed by atoms with Gasteiger partial charge in [-0.2, -0.15) is 0 Å². The van der Waals surface area contributed by atoms with Gasteiger partial charge < -0.3 is 5.11 Å². The Balaban J connectivity index is 2.93. The predicted octanol–water partition coefficient (Wildman–Crippen LogP) is 2.29. The third-order valence-corrected chi connectivity index (χ3v) is 4.06. The Morgan fingerprint density at radius 1 is 1.64 bits per heavy atom. The van der Waals surface area contributed by atoms with Crippen LogP contribution in [0, 0.1) is 11.3 Å². The van der Waals surface area contributed by atoms with Gasteiger partial charge in [-0.15, -0.1) is 23.2 Å². The van der Waals surface area contributed by atoms with E-state index in [-0.39, 0.29) is 5.92 Å². The van der Waals surface area contributed by atoms with Crippen molar-refractivity contribution in [2.24, 2.45) is 11.3 Å². The molecule has 1 rings (SSSR count). The number of carboxylic acids is 1. The number of aliphatic carboxylic acids is 1. The van der Waals surface area contributed by atoms with E-state index in [4.69, 9.17) is 28.3 Å². The van der Waals surface area contributed by atoms with E-state index in [1.54, 1.807) is 13.8 Å². The van der Waals surface area contributed by atoms with Crippen molar-refractivity contribution in [1.29, 1.82) is 0 Å². The van der Waals surface area contributed by atoms with Gasteiger partial charge in [0.1, 0.15) is 9.75 Å². The van der Waals surface area contributed by atoms with Gasteiger partial charge in [-0.25, -0.2) is 0 Å². The lowest BCUT2D eigenvalue weighted by Gasteiger charge is -2.08. The van der Waals surface area contributed by atoms with Gasteiger partial charge in [0.15, 0.2) is 0 Å². The molecule has 0 aromatic rings. The average Bonchev–Trinajstić information content (AvgIpc) is 2.30. The smallest absolute Gasteiger partial charge is 0.313 e. The van der Waals surface area contributed by atoms with Crippen LogP contribution < -0.4 is 0 Å². The molecule has 0 radical (unpaired) electrons. The molecule has 2 nitrogen and oxygen atoms in total. The molecule has 4 heteroatoms. The zero-order valence-corrected chi connectivity index (χ0v) is 7.91. The van der Waals surface area contributed by atoms with Gasteiger partial charge in [0.25, 0.3) is 0 Å². The van der Waals surface area contributed by atoms with Crippen molar-refractivity contribution in [3.05, 3.63) is 0 Å². The highest BCUT2D eigenvalue weighted by molar-refractivity contribution is 6.53. The van der Waals surface area contributed by atoms with E-state index < -0.39 is 15.7 Å². The van der Waals surface area contributed by atoms with Gasteiger partial charge in [-0.1, -0.05) is 13.8 Å². The molecule has 1 N–H and O–H groups in total. The summed E-state index contributed by atoms with van der Waals surface area (Å²) in [7, 11) is 0. The number of hydrogen-bond acceptors (Lipinski definition) is 1. The summed E-state index contributed by atoms with van der Waals surface area (Å²) in [6, 6.07) is 0. The molecule has 0 aromatic heterocycles. The second kappa shape index (κ2) is 2.27. The van der Waals surface area contributed by atoms with Crippen LogP contribution in [0.25, 0.3) is 0 Å². The van der Waals surface area contributed by atoms with Crippen LogP contribution in [0.2, 0.25) is 0 Å². The maximum atomic E-state index is 10.8. The highest BCUT2D eigenvalue weighted by atomic mass is 35.5. The van der Waals surface area contributed by atoms with E-state index >= 15 is 0 Å². The Bertz CT molecular complexity index is 203. The number of rotatable bonds is 2. The molecule has 0 aliphatic heterocycles. The Kier molecular flexibility index (Phi) is 1.88. The third-order valence-electron chi connectivity index (χ3n) is 2.73. The number of carbonyl (C=O) groups is 1. The largest absolute Gasteiger partial charge is 0.481 e. The molecule has 2 atom stereocenters. The predicted molar refractivity (Wildman–Crippen MR) is 44.0 cm³/mol. The maximum absolute atomic E-state index is 10.8. The summed E-state index contributed by atoms with van der Waals surface area (Å²) in [4.78, 5) is 10.8. The lowest BCUT2D eigenvalue weighted by molar-refractivity contribution is -0.144. The minimum absolute atomic E-state index is 0.152. The van der Waals surface area contributed by atoms with Crippen molar-refractivity contribution in [3.8, 4) is 0 Å². The fourth-order valence-corrected chi connectivity index (χ4v) is 2.68. The number of carboxylic acid groups (broad SMARTS) is 1. The van der Waals surface area contributed by atoms with Crippen LogP contribution in [0.3, 0.4) is 0 Å². The molecule has 0 saturated heterocycles. The molecule has 1 aliphatic carbocycles. The summed E-state index contributed by atoms with van der Waals surface area (Å²) >= 11 is 11.6. The van der Waals surface area contributed by atoms with Crippen molar-refractivity contribution in [2.75, 3.05) is 0 Å². The van der Waals surface area contributed by atoms with Crippen LogP contribution in [0.15, 0.2) is 0 Å². The molecular formula is C7H10Cl2O2. The second-order valence-electron chi connectivity index (χ2n) is 2.97. The highest BCUT2D eigenvalue weighted by Gasteiger charge is 2.77. The molecule has 1 aliphatic rings. The lowest BCUT2D eigenvalue weighted by Crippen LogP contribution is -2.20. The first-order valence-electron chi connectivity index (χ1n) is 3.52. The van der Waals surface area contributed by atoms with Crippen LogP contribution in [0.5, 0.6) is 0 Å². The summed E-state index contributed by atoms with van der Waals surface area (Å²) in [5.74, 6) is -1.04. The lowest BCUT2D eigenvalue weighted by atomic mass is 10.0. The molecule has 0 bridgehead atoms. The van der Waals surface area contributed by atoms with Gasteiger partial charge >= 0.3 is 5.97 Å². The first kappa shape index (κ1) is 9.14. The molecule has 0 spiro atoms. The molecule has 0 amide bonds. The molecule has 64 valence electrons. The molecule has 1 saturated carbocycles. The minimum Gasteiger partial charge on any atom is -0.481 e. The van der Waals surface area contributed by atoms with Crippen LogP contribution in [-0.2, 0) is 4.79 Å². The fourth-order valence-electron chi connectivity index (χ4n) is 1.66. The van der Waals surface area contributed by atoms with Gasteiger partial charge in [0.05, 0.1) is 0 Å². The Hall–Kier alpha value is 0.0500. The van der Waals surface area contributed by atoms with Crippen LogP contribution >= 0.6 is 23.2 Å². The molecule has 11 heavy (non-hydrogen) atoms. The van der Waals surface area contributed by atoms with E-state index in [0.717, 1.165) is 0 Å². The molecule has 0 unspecified atom stereocenters. The maximum Gasteiger partial charge on any atom is 0.313 e. The minimum atomic E-state index is -1.06. The van der Waals surface area contributed by atoms with Crippen LogP contribution in [0.1, 0.15) is 20.3 Å². The standard InChI is InChI=1S/C7H10Cl2O2/c1-3-6(5(10)11)4(2)7(6,8)9/h4H,3H2,1-2H3,(H,10,11)/t4-,6+/m0/s1. The van der Waals surface area contributed by atoms with E-state index in [0.29, 0.717) is 6.42 Å². The number of hydrogen-bond donors (Lipinski definition) is 1. The van der Waals surface area contributed by atoms with Crippen LogP contribution in [-0.4, -0.2) is 15.4 Å². The summed E-state index contributed by atoms with van der Waals surface area (Å²) in [6.45, 7) is 3.55. The van der Waals surface area contributed by atoms with Crippen molar-refractivity contribution >= 4 is 29.2 Å². The van der Waals surface area contributed by atoms with Gasteiger partial charge in [-0.3, -0.25) is 4.79 Å². The van der Waals surface area contributed by atoms with Crippen molar-refractivity contribution < 1.29 is 9.90 Å². The molecule has 1 fully saturated rings. The fraction of sp³-hybridized carbons (Fsp3) is 0.857. The first-order valence-corrected chi connectivity index (χ1v) is 4.28. The molecular weight excluding hydrogens is 187 g/mol. The summed E-state index contributed by atoms with van der Waals surface area (Å²) in [5, 5.41) is 8.84. The van der Waals surface area contributed by atoms with E-state index in [1.165, 1.54) is 0 Å². The highest BCUT2D eigenvalue weighted by Crippen LogP contribution is 2.70. The third kappa shape index (κ3) is 0.828. The van der Waals surface area contributed by atoms with Crippen molar-refractivity contribution in [2.45, 2.75) is 24.6 Å².